The maximum Gasteiger partial charge on any atom is 0.339 e. The predicted molar refractivity (Wildman–Crippen MR) is 106 cm³/mol. The van der Waals surface area contributed by atoms with E-state index in [1.807, 2.05) is 6.07 Å². The van der Waals surface area contributed by atoms with Gasteiger partial charge in [0.2, 0.25) is 0 Å². The number of ether oxygens (including phenoxy) is 1. The number of aromatic nitrogens is 2. The third kappa shape index (κ3) is 4.12. The number of aliphatic hydroxyl groups excluding tert-OH is 1. The number of imidazole rings is 1. The van der Waals surface area contributed by atoms with Crippen LogP contribution in [0, 0.1) is 11.3 Å². The van der Waals surface area contributed by atoms with Gasteiger partial charge in [0.25, 0.3) is 0 Å². The van der Waals surface area contributed by atoms with Crippen molar-refractivity contribution in [2.24, 2.45) is 0 Å². The summed E-state index contributed by atoms with van der Waals surface area (Å²) in [5.41, 5.74) is 0.977. The number of para-hydroxylation sites is 2. The molecule has 0 spiro atoms. The number of hydrogen-bond acceptors (Lipinski definition) is 7. The highest BCUT2D eigenvalue weighted by Gasteiger charge is 2.22. The molecule has 9 heteroatoms. The Morgan fingerprint density at radius 1 is 1.21 bits per heavy atom. The minimum absolute atomic E-state index is 0.135. The second kappa shape index (κ2) is 8.16. The molecule has 0 aliphatic rings. The average molecular weight is 411 g/mol. The largest absolute Gasteiger partial charge is 0.507 e. The zero-order chi connectivity index (χ0) is 21.0. The van der Waals surface area contributed by atoms with Gasteiger partial charge in [-0.15, -0.1) is 0 Å². The number of H-pyrrole nitrogens is 1. The number of carbonyl (C=O) groups is 1. The number of rotatable bonds is 6. The number of esters is 1. The molecule has 0 aliphatic carbocycles. The van der Waals surface area contributed by atoms with Crippen LogP contribution >= 0.6 is 0 Å². The standard InChI is InChI=1S/C20H17N3O5S/c1-2-29(26,27)18-10-6-3-7-13(18)20(25)28-12-17(24)14(11-21)19-22-15-8-4-5-9-16(15)23-19/h3-10,24H,2,12H2,1H3,(H,22,23)/b17-14-. The summed E-state index contributed by atoms with van der Waals surface area (Å²) >= 11 is 0. The molecule has 2 N–H and O–H groups in total. The molecule has 0 saturated heterocycles. The van der Waals surface area contributed by atoms with E-state index < -0.39 is 28.2 Å². The van der Waals surface area contributed by atoms with Crippen LogP contribution in [-0.2, 0) is 14.6 Å². The van der Waals surface area contributed by atoms with Crippen molar-refractivity contribution < 1.29 is 23.1 Å². The number of sulfone groups is 1. The lowest BCUT2D eigenvalue weighted by molar-refractivity contribution is 0.0498. The number of aliphatic hydroxyl groups is 1. The molecular formula is C20H17N3O5S. The number of fused-ring (bicyclic) bond motifs is 1. The lowest BCUT2D eigenvalue weighted by atomic mass is 10.2. The van der Waals surface area contributed by atoms with Gasteiger partial charge >= 0.3 is 5.97 Å². The molecule has 0 aliphatic heterocycles. The van der Waals surface area contributed by atoms with Gasteiger partial charge in [-0.25, -0.2) is 18.2 Å². The van der Waals surface area contributed by atoms with E-state index in [2.05, 4.69) is 9.97 Å². The Morgan fingerprint density at radius 3 is 2.59 bits per heavy atom. The summed E-state index contributed by atoms with van der Waals surface area (Å²) in [5.74, 6) is -1.47. The Kier molecular flexibility index (Phi) is 5.66. The summed E-state index contributed by atoms with van der Waals surface area (Å²) in [5, 5.41) is 19.7. The number of benzene rings is 2. The third-order valence-corrected chi connectivity index (χ3v) is 5.97. The molecule has 0 amide bonds. The van der Waals surface area contributed by atoms with Gasteiger partial charge in [-0.05, 0) is 24.3 Å². The Labute approximate surface area is 167 Å². The first-order chi connectivity index (χ1) is 13.9. The van der Waals surface area contributed by atoms with Crippen molar-refractivity contribution in [2.45, 2.75) is 11.8 Å². The molecule has 0 fully saturated rings. The molecule has 0 unspecified atom stereocenters. The molecule has 1 heterocycles. The first kappa shape index (κ1) is 20.1. The first-order valence-electron chi connectivity index (χ1n) is 8.63. The Bertz CT molecular complexity index is 1220. The molecule has 3 aromatic rings. The second-order valence-electron chi connectivity index (χ2n) is 6.01. The average Bonchev–Trinajstić information content (AvgIpc) is 3.16. The monoisotopic (exact) mass is 411 g/mol. The van der Waals surface area contributed by atoms with E-state index in [1.165, 1.54) is 31.2 Å². The summed E-state index contributed by atoms with van der Waals surface area (Å²) in [6.07, 6.45) is 0. The fraction of sp³-hybridized carbons (Fsp3) is 0.150. The van der Waals surface area contributed by atoms with Gasteiger partial charge in [-0.3, -0.25) is 0 Å². The van der Waals surface area contributed by atoms with Crippen LogP contribution in [0.3, 0.4) is 0 Å². The zero-order valence-electron chi connectivity index (χ0n) is 15.4. The molecule has 0 atom stereocenters. The van der Waals surface area contributed by atoms with Gasteiger partial charge < -0.3 is 14.8 Å². The first-order valence-corrected chi connectivity index (χ1v) is 10.3. The van der Waals surface area contributed by atoms with Crippen molar-refractivity contribution in [1.29, 1.82) is 5.26 Å². The number of allylic oxidation sites excluding steroid dienone is 1. The maximum absolute atomic E-state index is 12.4. The van der Waals surface area contributed by atoms with Crippen LogP contribution < -0.4 is 0 Å². The molecule has 148 valence electrons. The normalized spacial score (nSPS) is 12.3. The van der Waals surface area contributed by atoms with E-state index in [0.29, 0.717) is 11.0 Å². The van der Waals surface area contributed by atoms with Crippen LogP contribution in [0.5, 0.6) is 0 Å². The number of carbonyl (C=O) groups excluding carboxylic acids is 1. The minimum Gasteiger partial charge on any atom is -0.507 e. The molecule has 1 aromatic heterocycles. The minimum atomic E-state index is -3.63. The van der Waals surface area contributed by atoms with Crippen LogP contribution in [0.15, 0.2) is 59.2 Å². The highest BCUT2D eigenvalue weighted by molar-refractivity contribution is 7.91. The van der Waals surface area contributed by atoms with Crippen LogP contribution in [0.25, 0.3) is 16.6 Å². The Hall–Kier alpha value is -3.64. The van der Waals surface area contributed by atoms with Crippen molar-refractivity contribution in [3.05, 3.63) is 65.7 Å². The van der Waals surface area contributed by atoms with Crippen LogP contribution in [0.2, 0.25) is 0 Å². The summed E-state index contributed by atoms with van der Waals surface area (Å²) in [6, 6.07) is 14.6. The third-order valence-electron chi connectivity index (χ3n) is 4.19. The summed E-state index contributed by atoms with van der Waals surface area (Å²) < 4.78 is 29.4. The van der Waals surface area contributed by atoms with Gasteiger partial charge in [0.05, 0.1) is 27.2 Å². The van der Waals surface area contributed by atoms with E-state index in [-0.39, 0.29) is 27.6 Å². The van der Waals surface area contributed by atoms with E-state index in [1.54, 1.807) is 24.3 Å². The second-order valence-corrected chi connectivity index (χ2v) is 8.26. The molecule has 0 saturated carbocycles. The van der Waals surface area contributed by atoms with E-state index in [4.69, 9.17) is 4.74 Å². The van der Waals surface area contributed by atoms with E-state index in [0.717, 1.165) is 0 Å². The number of nitrogens with one attached hydrogen (secondary N) is 1. The summed E-state index contributed by atoms with van der Waals surface area (Å²) in [6.45, 7) is 0.859. The number of nitriles is 1. The molecule has 2 aromatic carbocycles. The lowest BCUT2D eigenvalue weighted by Gasteiger charge is -2.09. The van der Waals surface area contributed by atoms with Crippen molar-refractivity contribution in [2.75, 3.05) is 12.4 Å². The molecule has 3 rings (SSSR count). The Morgan fingerprint density at radius 2 is 1.90 bits per heavy atom. The fourth-order valence-corrected chi connectivity index (χ4v) is 3.75. The van der Waals surface area contributed by atoms with Crippen molar-refractivity contribution in [1.82, 2.24) is 9.97 Å². The topological polar surface area (TPSA) is 133 Å². The Balaban J connectivity index is 1.85. The van der Waals surface area contributed by atoms with Gasteiger partial charge in [0, 0.05) is 0 Å². The van der Waals surface area contributed by atoms with Crippen LogP contribution in [0.4, 0.5) is 0 Å². The van der Waals surface area contributed by atoms with E-state index >= 15 is 0 Å². The van der Waals surface area contributed by atoms with Crippen molar-refractivity contribution in [3.63, 3.8) is 0 Å². The van der Waals surface area contributed by atoms with Crippen molar-refractivity contribution >= 4 is 32.4 Å². The fourth-order valence-electron chi connectivity index (χ4n) is 2.67. The number of hydrogen-bond donors (Lipinski definition) is 2. The van der Waals surface area contributed by atoms with Gasteiger partial charge in [-0.2, -0.15) is 5.26 Å². The molecular weight excluding hydrogens is 394 g/mol. The van der Waals surface area contributed by atoms with Crippen LogP contribution in [0.1, 0.15) is 23.1 Å². The molecule has 0 radical (unpaired) electrons. The van der Waals surface area contributed by atoms with Crippen molar-refractivity contribution in [3.8, 4) is 6.07 Å². The smallest absolute Gasteiger partial charge is 0.339 e. The number of aromatic amines is 1. The van der Waals surface area contributed by atoms with E-state index in [9.17, 15) is 23.6 Å². The van der Waals surface area contributed by atoms with Crippen LogP contribution in [-0.4, -0.2) is 41.8 Å². The lowest BCUT2D eigenvalue weighted by Crippen LogP contribution is -2.15. The highest BCUT2D eigenvalue weighted by atomic mass is 32.2. The molecule has 29 heavy (non-hydrogen) atoms. The highest BCUT2D eigenvalue weighted by Crippen LogP contribution is 2.21. The summed E-state index contributed by atoms with van der Waals surface area (Å²) in [4.78, 5) is 19.4. The summed E-state index contributed by atoms with van der Waals surface area (Å²) in [7, 11) is -3.63. The number of nitrogens with zero attached hydrogens (tertiary/aromatic N) is 2. The predicted octanol–water partition coefficient (Wildman–Crippen LogP) is 3.01. The quantitative estimate of drug-likeness (QED) is 0.362. The van der Waals surface area contributed by atoms with Gasteiger partial charge in [0.15, 0.2) is 21.4 Å². The zero-order valence-corrected chi connectivity index (χ0v) is 16.2. The maximum atomic E-state index is 12.4. The molecule has 8 nitrogen and oxygen atoms in total. The van der Waals surface area contributed by atoms with Gasteiger partial charge in [-0.1, -0.05) is 31.2 Å². The molecule has 0 bridgehead atoms. The van der Waals surface area contributed by atoms with Gasteiger partial charge in [0.1, 0.15) is 18.2 Å². The SMILES string of the molecule is CCS(=O)(=O)c1ccccc1C(=O)OC/C(O)=C(\C#N)c1nc2ccccc2[nH]1.